The van der Waals surface area contributed by atoms with E-state index >= 15 is 0 Å². The minimum absolute atomic E-state index is 0.786. The Balaban J connectivity index is 1.37. The van der Waals surface area contributed by atoms with Crippen molar-refractivity contribution < 1.29 is 0 Å². The zero-order chi connectivity index (χ0) is 11.5. The lowest BCUT2D eigenvalue weighted by molar-refractivity contribution is 0.190. The van der Waals surface area contributed by atoms with E-state index < -0.39 is 0 Å². The van der Waals surface area contributed by atoms with Crippen LogP contribution >= 0.6 is 11.3 Å². The van der Waals surface area contributed by atoms with Crippen molar-refractivity contribution in [1.29, 1.82) is 0 Å². The molecule has 3 rings (SSSR count). The summed E-state index contributed by atoms with van der Waals surface area (Å²) in [4.78, 5) is 2.59. The largest absolute Gasteiger partial charge is 0.314 e. The van der Waals surface area contributed by atoms with Crippen molar-refractivity contribution in [2.75, 3.05) is 19.6 Å². The lowest BCUT2D eigenvalue weighted by atomic mass is 10.0. The number of hydrogen-bond acceptors (Lipinski definition) is 3. The first-order chi connectivity index (χ1) is 8.40. The second-order valence-corrected chi connectivity index (χ2v) is 6.31. The molecule has 1 N–H and O–H groups in total. The van der Waals surface area contributed by atoms with Crippen LogP contribution in [0.5, 0.6) is 0 Å². The first-order valence-corrected chi connectivity index (χ1v) is 7.81. The number of hydrogen-bond donors (Lipinski definition) is 1. The van der Waals surface area contributed by atoms with Crippen molar-refractivity contribution in [2.45, 2.75) is 38.3 Å². The molecular weight excluding hydrogens is 228 g/mol. The number of piperidine rings is 1. The Bertz CT molecular complexity index is 324. The molecule has 94 valence electrons. The van der Waals surface area contributed by atoms with E-state index in [2.05, 4.69) is 27.0 Å². The Morgan fingerprint density at radius 2 is 2.06 bits per heavy atom. The fourth-order valence-electron chi connectivity index (χ4n) is 2.59. The third kappa shape index (κ3) is 3.54. The maximum atomic E-state index is 3.74. The van der Waals surface area contributed by atoms with Crippen molar-refractivity contribution in [3.05, 3.63) is 22.4 Å². The average molecular weight is 250 g/mol. The predicted molar refractivity (Wildman–Crippen MR) is 73.3 cm³/mol. The molecule has 2 heterocycles. The Morgan fingerprint density at radius 3 is 2.71 bits per heavy atom. The number of nitrogens with zero attached hydrogens (tertiary/aromatic N) is 1. The molecule has 1 aromatic rings. The number of nitrogens with one attached hydrogen (secondary N) is 1. The third-order valence-electron chi connectivity index (χ3n) is 3.97. The summed E-state index contributed by atoms with van der Waals surface area (Å²) in [6, 6.07) is 3.04. The molecule has 1 aromatic heterocycles. The monoisotopic (exact) mass is 250 g/mol. The average Bonchev–Trinajstić information content (AvgIpc) is 3.05. The molecule has 3 heteroatoms. The molecule has 0 radical (unpaired) electrons. The molecule has 0 atom stereocenters. The van der Waals surface area contributed by atoms with Crippen molar-refractivity contribution in [3.63, 3.8) is 0 Å². The summed E-state index contributed by atoms with van der Waals surface area (Å²) in [5.41, 5.74) is 1.49. The molecule has 0 unspecified atom stereocenters. The van der Waals surface area contributed by atoms with Gasteiger partial charge in [0, 0.05) is 12.6 Å². The maximum absolute atomic E-state index is 3.74. The second-order valence-electron chi connectivity index (χ2n) is 5.53. The van der Waals surface area contributed by atoms with Gasteiger partial charge in [-0.15, -0.1) is 0 Å². The summed E-state index contributed by atoms with van der Waals surface area (Å²) < 4.78 is 0. The number of rotatable bonds is 5. The molecule has 2 nitrogen and oxygen atoms in total. The normalized spacial score (nSPS) is 23.1. The smallest absolute Gasteiger partial charge is 0.0242 e. The molecule has 1 saturated carbocycles. The zero-order valence-corrected chi connectivity index (χ0v) is 11.2. The van der Waals surface area contributed by atoms with E-state index in [1.54, 1.807) is 0 Å². The highest BCUT2D eigenvalue weighted by Crippen LogP contribution is 2.28. The van der Waals surface area contributed by atoms with Gasteiger partial charge in [-0.05, 0) is 73.6 Å². The van der Waals surface area contributed by atoms with Crippen LogP contribution in [-0.4, -0.2) is 30.6 Å². The second kappa shape index (κ2) is 5.51. The Labute approximate surface area is 108 Å². The van der Waals surface area contributed by atoms with Gasteiger partial charge in [-0.2, -0.15) is 11.3 Å². The van der Waals surface area contributed by atoms with Gasteiger partial charge in [-0.1, -0.05) is 0 Å². The van der Waals surface area contributed by atoms with Gasteiger partial charge in [-0.3, -0.25) is 4.90 Å². The van der Waals surface area contributed by atoms with Gasteiger partial charge < -0.3 is 5.32 Å². The van der Waals surface area contributed by atoms with Gasteiger partial charge in [0.05, 0.1) is 0 Å². The van der Waals surface area contributed by atoms with Crippen LogP contribution in [0.1, 0.15) is 31.2 Å². The molecule has 1 aliphatic heterocycles. The maximum Gasteiger partial charge on any atom is 0.0242 e. The van der Waals surface area contributed by atoms with Crippen LogP contribution in [0.3, 0.4) is 0 Å². The highest BCUT2D eigenvalue weighted by Gasteiger charge is 2.24. The SMILES string of the molecule is c1cc(CN2CCC(NCC3CC3)CC2)cs1. The summed E-state index contributed by atoms with van der Waals surface area (Å²) in [7, 11) is 0. The lowest BCUT2D eigenvalue weighted by Gasteiger charge is -2.32. The predicted octanol–water partition coefficient (Wildman–Crippen LogP) is 2.71. The van der Waals surface area contributed by atoms with Gasteiger partial charge in [0.25, 0.3) is 0 Å². The molecule has 2 aliphatic rings. The molecular formula is C14H22N2S. The Hall–Kier alpha value is -0.380. The highest BCUT2D eigenvalue weighted by atomic mass is 32.1. The van der Waals surface area contributed by atoms with Crippen LogP contribution in [0.15, 0.2) is 16.8 Å². The van der Waals surface area contributed by atoms with Crippen LogP contribution in [0.2, 0.25) is 0 Å². The van der Waals surface area contributed by atoms with E-state index in [0.29, 0.717) is 0 Å². The third-order valence-corrected chi connectivity index (χ3v) is 4.70. The molecule has 0 amide bonds. The molecule has 17 heavy (non-hydrogen) atoms. The summed E-state index contributed by atoms with van der Waals surface area (Å²) in [5, 5.41) is 8.19. The van der Waals surface area contributed by atoms with E-state index in [-0.39, 0.29) is 0 Å². The van der Waals surface area contributed by atoms with Gasteiger partial charge in [0.15, 0.2) is 0 Å². The minimum atomic E-state index is 0.786. The van der Waals surface area contributed by atoms with E-state index in [0.717, 1.165) is 18.5 Å². The van der Waals surface area contributed by atoms with Crippen molar-refractivity contribution in [1.82, 2.24) is 10.2 Å². The first-order valence-electron chi connectivity index (χ1n) is 6.87. The van der Waals surface area contributed by atoms with Crippen LogP contribution in [-0.2, 0) is 6.54 Å². The number of thiophene rings is 1. The summed E-state index contributed by atoms with van der Waals surface area (Å²) in [6.45, 7) is 4.95. The van der Waals surface area contributed by atoms with Gasteiger partial charge in [-0.25, -0.2) is 0 Å². The Morgan fingerprint density at radius 1 is 1.24 bits per heavy atom. The summed E-state index contributed by atoms with van der Waals surface area (Å²) >= 11 is 1.81. The topological polar surface area (TPSA) is 15.3 Å². The minimum Gasteiger partial charge on any atom is -0.314 e. The lowest BCUT2D eigenvalue weighted by Crippen LogP contribution is -2.42. The number of likely N-dealkylation sites (tertiary alicyclic amines) is 1. The van der Waals surface area contributed by atoms with Crippen LogP contribution < -0.4 is 5.32 Å². The highest BCUT2D eigenvalue weighted by molar-refractivity contribution is 7.07. The Kier molecular flexibility index (Phi) is 3.79. The summed E-state index contributed by atoms with van der Waals surface area (Å²) in [6.07, 6.45) is 5.59. The van der Waals surface area contributed by atoms with Gasteiger partial charge in [0.2, 0.25) is 0 Å². The van der Waals surface area contributed by atoms with E-state index in [9.17, 15) is 0 Å². The molecule has 0 spiro atoms. The standard InChI is InChI=1S/C14H22N2S/c1-2-12(1)9-15-14-3-6-16(7-4-14)10-13-5-8-17-11-13/h5,8,11-12,14-15H,1-4,6-7,9-10H2. The molecule has 1 aliphatic carbocycles. The van der Waals surface area contributed by atoms with E-state index in [1.165, 1.54) is 50.9 Å². The van der Waals surface area contributed by atoms with Crippen LogP contribution in [0.4, 0.5) is 0 Å². The van der Waals surface area contributed by atoms with Crippen molar-refractivity contribution in [3.8, 4) is 0 Å². The fourth-order valence-corrected chi connectivity index (χ4v) is 3.25. The molecule has 0 aromatic carbocycles. The van der Waals surface area contributed by atoms with E-state index in [1.807, 2.05) is 11.3 Å². The fraction of sp³-hybridized carbons (Fsp3) is 0.714. The molecule has 2 fully saturated rings. The van der Waals surface area contributed by atoms with Gasteiger partial charge >= 0.3 is 0 Å². The van der Waals surface area contributed by atoms with E-state index in [4.69, 9.17) is 0 Å². The quantitative estimate of drug-likeness (QED) is 0.864. The zero-order valence-electron chi connectivity index (χ0n) is 10.4. The van der Waals surface area contributed by atoms with Gasteiger partial charge in [0.1, 0.15) is 0 Å². The van der Waals surface area contributed by atoms with Crippen LogP contribution in [0.25, 0.3) is 0 Å². The first kappa shape index (κ1) is 11.7. The van der Waals surface area contributed by atoms with Crippen LogP contribution in [0, 0.1) is 5.92 Å². The molecule has 1 saturated heterocycles. The summed E-state index contributed by atoms with van der Waals surface area (Å²) in [5.74, 6) is 1.01. The van der Waals surface area contributed by atoms with Crippen molar-refractivity contribution >= 4 is 11.3 Å². The molecule has 0 bridgehead atoms. The van der Waals surface area contributed by atoms with Crippen molar-refractivity contribution in [2.24, 2.45) is 5.92 Å².